The number of fused-ring (bicyclic) bond motifs is 2. The van der Waals surface area contributed by atoms with Crippen LogP contribution in [-0.2, 0) is 34.2 Å². The molecule has 59 heavy (non-hydrogen) atoms. The van der Waals surface area contributed by atoms with Gasteiger partial charge in [-0.2, -0.15) is 43.2 Å². The Kier molecular flexibility index (Phi) is 15.9. The average Bonchev–Trinajstić information content (AvgIpc) is 3.51. The quantitative estimate of drug-likeness (QED) is 0.0565. The van der Waals surface area contributed by atoms with Crippen LogP contribution in [-0.4, -0.2) is 74.4 Å². The molecule has 0 radical (unpaired) electrons. The van der Waals surface area contributed by atoms with E-state index < -0.39 is 107 Å². The second-order valence-electron chi connectivity index (χ2n) is 14.7. The van der Waals surface area contributed by atoms with Crippen LogP contribution in [0.5, 0.6) is 0 Å². The van der Waals surface area contributed by atoms with Crippen molar-refractivity contribution in [2.75, 3.05) is 11.5 Å². The lowest BCUT2D eigenvalue weighted by atomic mass is 9.71. The number of alkyl halides is 6. The van der Waals surface area contributed by atoms with Crippen molar-refractivity contribution >= 4 is 43.9 Å². The summed E-state index contributed by atoms with van der Waals surface area (Å²) in [5.41, 5.74) is -11.9. The molecule has 2 aliphatic heterocycles. The van der Waals surface area contributed by atoms with Gasteiger partial charge in [0.1, 0.15) is 0 Å². The summed E-state index contributed by atoms with van der Waals surface area (Å²) in [5.74, 6) is -7.42. The summed E-state index contributed by atoms with van der Waals surface area (Å²) >= 11 is 0. The zero-order chi connectivity index (χ0) is 43.8. The van der Waals surface area contributed by atoms with Gasteiger partial charge in [0.05, 0.1) is 33.8 Å². The van der Waals surface area contributed by atoms with Crippen LogP contribution in [0.1, 0.15) is 169 Å². The zero-order valence-corrected chi connectivity index (χ0v) is 34.4. The molecule has 4 rings (SSSR count). The maximum atomic E-state index is 15.1. The van der Waals surface area contributed by atoms with Crippen molar-refractivity contribution in [1.82, 2.24) is 10.1 Å². The third-order valence-electron chi connectivity index (χ3n) is 10.3. The number of carbonyl (C=O) groups is 4. The lowest BCUT2D eigenvalue weighted by Gasteiger charge is -2.38. The molecule has 4 amide bonds. The number of amides is 4. The van der Waals surface area contributed by atoms with Crippen molar-refractivity contribution in [1.29, 1.82) is 0 Å². The summed E-state index contributed by atoms with van der Waals surface area (Å²) in [5, 5.41) is -0.483. The number of hydrogen-bond donors (Lipinski definition) is 0. The Morgan fingerprint density at radius 2 is 0.746 bits per heavy atom. The molecule has 0 fully saturated rings. The molecule has 0 saturated heterocycles. The summed E-state index contributed by atoms with van der Waals surface area (Å²) in [4.78, 5) is 52.5. The molecular formula is C39H48F6N2O10S2. The molecule has 0 aliphatic carbocycles. The largest absolute Gasteiger partial charge is 0.411 e. The molecule has 2 aromatic carbocycles. The van der Waals surface area contributed by atoms with Gasteiger partial charge in [-0.1, -0.05) is 116 Å². The van der Waals surface area contributed by atoms with Crippen LogP contribution >= 0.6 is 0 Å². The molecule has 2 aliphatic rings. The highest BCUT2D eigenvalue weighted by Crippen LogP contribution is 2.57. The van der Waals surface area contributed by atoms with Gasteiger partial charge in [-0.25, -0.2) is 0 Å². The Bertz CT molecular complexity index is 1940. The number of halogens is 6. The number of hydroxylamine groups is 4. The van der Waals surface area contributed by atoms with E-state index in [1.165, 1.54) is 0 Å². The van der Waals surface area contributed by atoms with E-state index in [9.17, 15) is 36.0 Å². The maximum Gasteiger partial charge on any atom is 0.411 e. The fourth-order valence-electron chi connectivity index (χ4n) is 7.15. The molecule has 2 aromatic rings. The first-order valence-corrected chi connectivity index (χ1v) is 22.8. The number of nitrogens with zero attached hydrogens (tertiary/aromatic N) is 2. The molecule has 0 saturated carbocycles. The minimum Gasteiger partial charge on any atom is -0.266 e. The lowest BCUT2D eigenvalue weighted by molar-refractivity contribution is -0.288. The van der Waals surface area contributed by atoms with Crippen LogP contribution < -0.4 is 0 Å². The molecule has 0 aromatic heterocycles. The van der Waals surface area contributed by atoms with Gasteiger partial charge < -0.3 is 0 Å². The number of hydrogen-bond acceptors (Lipinski definition) is 10. The van der Waals surface area contributed by atoms with E-state index in [1.54, 1.807) is 0 Å². The minimum absolute atomic E-state index is 0.0942. The number of rotatable bonds is 24. The zero-order valence-electron chi connectivity index (χ0n) is 32.8. The van der Waals surface area contributed by atoms with E-state index in [-0.39, 0.29) is 47.2 Å². The van der Waals surface area contributed by atoms with Gasteiger partial charge in [0.25, 0.3) is 43.9 Å². The monoisotopic (exact) mass is 882 g/mol. The normalized spacial score (nSPS) is 15.1. The van der Waals surface area contributed by atoms with E-state index in [0.29, 0.717) is 37.8 Å². The van der Waals surface area contributed by atoms with Crippen LogP contribution in [0.2, 0.25) is 0 Å². The number of unbranched alkanes of at least 4 members (excludes halogenated alkanes) is 14. The van der Waals surface area contributed by atoms with Crippen LogP contribution in [0.3, 0.4) is 0 Å². The Morgan fingerprint density at radius 1 is 0.458 bits per heavy atom. The van der Waals surface area contributed by atoms with E-state index in [1.807, 2.05) is 0 Å². The fourth-order valence-corrected chi connectivity index (χ4v) is 9.14. The molecule has 2 heterocycles. The first kappa shape index (κ1) is 47.8. The van der Waals surface area contributed by atoms with Crippen LogP contribution in [0.25, 0.3) is 0 Å². The van der Waals surface area contributed by atoms with E-state index in [0.717, 1.165) is 64.2 Å². The van der Waals surface area contributed by atoms with Crippen LogP contribution in [0.4, 0.5) is 26.3 Å². The summed E-state index contributed by atoms with van der Waals surface area (Å²) < 4.78 is 151. The van der Waals surface area contributed by atoms with Gasteiger partial charge in [0.2, 0.25) is 5.41 Å². The van der Waals surface area contributed by atoms with Crippen molar-refractivity contribution in [3.05, 3.63) is 69.8 Å². The van der Waals surface area contributed by atoms with Crippen LogP contribution in [0.15, 0.2) is 36.4 Å². The molecule has 12 nitrogen and oxygen atoms in total. The van der Waals surface area contributed by atoms with Gasteiger partial charge in [-0.15, -0.1) is 18.7 Å². The molecule has 20 heteroatoms. The van der Waals surface area contributed by atoms with Gasteiger partial charge in [-0.05, 0) is 48.2 Å². The van der Waals surface area contributed by atoms with Crippen molar-refractivity contribution in [2.24, 2.45) is 0 Å². The second-order valence-corrected chi connectivity index (χ2v) is 18.0. The maximum absolute atomic E-state index is 15.1. The lowest BCUT2D eigenvalue weighted by Crippen LogP contribution is -2.55. The smallest absolute Gasteiger partial charge is 0.266 e. The molecule has 0 atom stereocenters. The molecule has 328 valence electrons. The summed E-state index contributed by atoms with van der Waals surface area (Å²) in [6.07, 6.45) is -0.0873. The predicted molar refractivity (Wildman–Crippen MR) is 202 cm³/mol. The van der Waals surface area contributed by atoms with Gasteiger partial charge in [0, 0.05) is 0 Å². The Balaban J connectivity index is 1.57. The van der Waals surface area contributed by atoms with E-state index in [4.69, 9.17) is 8.57 Å². The molecular weight excluding hydrogens is 835 g/mol. The van der Waals surface area contributed by atoms with Gasteiger partial charge in [-0.3, -0.25) is 19.2 Å². The first-order valence-electron chi connectivity index (χ1n) is 19.7. The summed E-state index contributed by atoms with van der Waals surface area (Å²) in [6, 6.07) is 1.80. The van der Waals surface area contributed by atoms with E-state index in [2.05, 4.69) is 13.8 Å². The van der Waals surface area contributed by atoms with Crippen molar-refractivity contribution < 1.29 is 70.9 Å². The standard InChI is InChI=1S/C39H48F6N2O10S2/c1-3-5-7-9-11-13-15-17-23-58(52,53)56-46-33(48)29-21-19-27(25-31(29)35(46)50)37(38(40,41)42,39(43,44)45)28-20-22-30-32(26-28)36(51)47(34(30)49)57-59(54,55)24-18-16-14-12-10-8-6-4-2/h19-22,25-26H,3-18,23-24H2,1-2H3. The third kappa shape index (κ3) is 10.9. The highest BCUT2D eigenvalue weighted by atomic mass is 32.2. The van der Waals surface area contributed by atoms with Crippen molar-refractivity contribution in [2.45, 2.75) is 134 Å². The number of carbonyl (C=O) groups excluding carboxylic acids is 4. The highest BCUT2D eigenvalue weighted by Gasteiger charge is 2.73. The topological polar surface area (TPSA) is 161 Å². The predicted octanol–water partition coefficient (Wildman–Crippen LogP) is 9.09. The fraction of sp³-hybridized carbons (Fsp3) is 0.590. The Hall–Kier alpha value is -3.88. The SMILES string of the molecule is CCCCCCCCCCS(=O)(=O)ON1C(=O)c2ccc(C(c3ccc4c(c3)C(=O)N(OS(=O)(=O)CCCCCCCCCC)C4=O)(C(F)(F)F)C(F)(F)F)cc2C1=O. The molecule has 0 N–H and O–H groups in total. The summed E-state index contributed by atoms with van der Waals surface area (Å²) in [6.45, 7) is 4.12. The Labute approximate surface area is 339 Å². The number of benzene rings is 2. The molecule has 0 unspecified atom stereocenters. The highest BCUT2D eigenvalue weighted by molar-refractivity contribution is 7.86. The van der Waals surface area contributed by atoms with Crippen LogP contribution in [0, 0.1) is 0 Å². The Morgan fingerprint density at radius 3 is 1.05 bits per heavy atom. The minimum atomic E-state index is -6.28. The van der Waals surface area contributed by atoms with Crippen molar-refractivity contribution in [3.8, 4) is 0 Å². The molecule has 0 spiro atoms. The van der Waals surface area contributed by atoms with E-state index >= 15 is 26.3 Å². The summed E-state index contributed by atoms with van der Waals surface area (Å²) in [7, 11) is -9.22. The number of imide groups is 2. The van der Waals surface area contributed by atoms with Gasteiger partial charge in [0.15, 0.2) is 0 Å². The van der Waals surface area contributed by atoms with Gasteiger partial charge >= 0.3 is 12.4 Å². The molecule has 0 bridgehead atoms. The average molecular weight is 883 g/mol. The first-order chi connectivity index (χ1) is 27.6. The second kappa shape index (κ2) is 19.7. The van der Waals surface area contributed by atoms with Crippen molar-refractivity contribution in [3.63, 3.8) is 0 Å². The third-order valence-corrected chi connectivity index (χ3v) is 12.6.